The fourth-order valence-electron chi connectivity index (χ4n) is 4.42. The summed E-state index contributed by atoms with van der Waals surface area (Å²) in [5.74, 6) is 0.396. The molecule has 4 rings (SSSR count). The number of amides is 1. The van der Waals surface area contributed by atoms with E-state index in [1.54, 1.807) is 30.6 Å². The fourth-order valence-corrected chi connectivity index (χ4v) is 5.05. The molecule has 0 radical (unpaired) electrons. The van der Waals surface area contributed by atoms with Gasteiger partial charge in [-0.15, -0.1) is 0 Å². The van der Waals surface area contributed by atoms with Crippen LogP contribution in [-0.2, 0) is 16.3 Å². The van der Waals surface area contributed by atoms with Crippen molar-refractivity contribution in [1.82, 2.24) is 14.5 Å². The van der Waals surface area contributed by atoms with Gasteiger partial charge in [0.15, 0.2) is 9.84 Å². The number of aromatic nitrogens is 2. The summed E-state index contributed by atoms with van der Waals surface area (Å²) < 4.78 is 30.8. The van der Waals surface area contributed by atoms with Gasteiger partial charge in [0.05, 0.1) is 10.9 Å². The van der Waals surface area contributed by atoms with Gasteiger partial charge in [-0.25, -0.2) is 13.2 Å². The standard InChI is InChI=1S/C26H29N3O6S/c1-3-4-19-6-5-18(17-27-19)24-15-21(12-14-29(24)26(31)32)35-22-11-13-28(25(30)16-22)20-7-9-23(10-8-20)36(2,33)34/h5-11,13,16-17,21,24H,3-4,12,14-15H2,1-2H3,(H,31,32). The van der Waals surface area contributed by atoms with E-state index in [4.69, 9.17) is 4.74 Å². The largest absolute Gasteiger partial charge is 0.490 e. The first-order valence-corrected chi connectivity index (χ1v) is 13.7. The summed E-state index contributed by atoms with van der Waals surface area (Å²) in [5.41, 5.74) is 2.00. The smallest absolute Gasteiger partial charge is 0.407 e. The number of sulfone groups is 1. The zero-order valence-electron chi connectivity index (χ0n) is 20.2. The first-order valence-electron chi connectivity index (χ1n) is 11.8. The lowest BCUT2D eigenvalue weighted by atomic mass is 9.94. The molecule has 2 unspecified atom stereocenters. The van der Waals surface area contributed by atoms with E-state index in [9.17, 15) is 23.1 Å². The van der Waals surface area contributed by atoms with Crippen molar-refractivity contribution in [2.75, 3.05) is 12.8 Å². The Morgan fingerprint density at radius 2 is 1.92 bits per heavy atom. The minimum Gasteiger partial charge on any atom is -0.490 e. The molecule has 1 aliphatic heterocycles. The molecular weight excluding hydrogens is 482 g/mol. The summed E-state index contributed by atoms with van der Waals surface area (Å²) in [6.07, 6.45) is 5.98. The number of benzene rings is 1. The Bertz CT molecular complexity index is 1380. The summed E-state index contributed by atoms with van der Waals surface area (Å²) in [6, 6.07) is 12.6. The first-order chi connectivity index (χ1) is 17.2. The fraction of sp³-hybridized carbons (Fsp3) is 0.346. The lowest BCUT2D eigenvalue weighted by Crippen LogP contribution is -2.43. The maximum absolute atomic E-state index is 12.7. The van der Waals surface area contributed by atoms with E-state index in [2.05, 4.69) is 11.9 Å². The maximum atomic E-state index is 12.7. The van der Waals surface area contributed by atoms with Crippen molar-refractivity contribution in [3.05, 3.63) is 82.5 Å². The van der Waals surface area contributed by atoms with Crippen LogP contribution in [0, 0.1) is 0 Å². The number of carboxylic acid groups (broad SMARTS) is 1. The van der Waals surface area contributed by atoms with Gasteiger partial charge >= 0.3 is 6.09 Å². The molecule has 0 spiro atoms. The van der Waals surface area contributed by atoms with Crippen molar-refractivity contribution in [2.24, 2.45) is 0 Å². The zero-order valence-corrected chi connectivity index (χ0v) is 21.0. The molecule has 10 heteroatoms. The van der Waals surface area contributed by atoms with Crippen LogP contribution in [0.25, 0.3) is 5.69 Å². The van der Waals surface area contributed by atoms with Crippen LogP contribution in [0.1, 0.15) is 43.5 Å². The summed E-state index contributed by atoms with van der Waals surface area (Å²) in [5, 5.41) is 9.71. The summed E-state index contributed by atoms with van der Waals surface area (Å²) in [6.45, 7) is 2.39. The van der Waals surface area contributed by atoms with E-state index in [1.165, 1.54) is 27.7 Å². The Balaban J connectivity index is 1.50. The monoisotopic (exact) mass is 511 g/mol. The van der Waals surface area contributed by atoms with Gasteiger partial charge in [-0.05, 0) is 48.4 Å². The van der Waals surface area contributed by atoms with Gasteiger partial charge in [-0.2, -0.15) is 0 Å². The van der Waals surface area contributed by atoms with E-state index in [0.29, 0.717) is 30.8 Å². The van der Waals surface area contributed by atoms with Crippen LogP contribution < -0.4 is 10.3 Å². The third-order valence-corrected chi connectivity index (χ3v) is 7.40. The minimum atomic E-state index is -3.33. The molecule has 9 nitrogen and oxygen atoms in total. The first kappa shape index (κ1) is 25.4. The average molecular weight is 512 g/mol. The highest BCUT2D eigenvalue weighted by Gasteiger charge is 2.34. The van der Waals surface area contributed by atoms with Crippen LogP contribution in [0.15, 0.2) is 70.6 Å². The second-order valence-corrected chi connectivity index (χ2v) is 10.9. The third-order valence-electron chi connectivity index (χ3n) is 6.28. The number of likely N-dealkylation sites (tertiary alicyclic amines) is 1. The Hall–Kier alpha value is -3.66. The lowest BCUT2D eigenvalue weighted by Gasteiger charge is -2.37. The zero-order chi connectivity index (χ0) is 25.9. The maximum Gasteiger partial charge on any atom is 0.407 e. The van der Waals surface area contributed by atoms with E-state index in [1.807, 2.05) is 12.1 Å². The van der Waals surface area contributed by atoms with Gasteiger partial charge in [-0.3, -0.25) is 14.3 Å². The summed E-state index contributed by atoms with van der Waals surface area (Å²) in [4.78, 5) is 30.7. The van der Waals surface area contributed by atoms with Crippen LogP contribution in [-0.4, -0.2) is 53.0 Å². The number of rotatable bonds is 7. The predicted molar refractivity (Wildman–Crippen MR) is 135 cm³/mol. The van der Waals surface area contributed by atoms with Gasteiger partial charge in [0, 0.05) is 55.5 Å². The van der Waals surface area contributed by atoms with Gasteiger partial charge in [-0.1, -0.05) is 19.4 Å². The molecule has 1 saturated heterocycles. The molecular formula is C26H29N3O6S. The SMILES string of the molecule is CCCc1ccc(C2CC(Oc3ccn(-c4ccc(S(C)(=O)=O)cc4)c(=O)c3)CCN2C(=O)O)cn1. The quantitative estimate of drug-likeness (QED) is 0.512. The number of hydrogen-bond acceptors (Lipinski definition) is 6. The predicted octanol–water partition coefficient (Wildman–Crippen LogP) is 3.85. The Labute approximate surface area is 209 Å². The lowest BCUT2D eigenvalue weighted by molar-refractivity contribution is 0.0537. The molecule has 190 valence electrons. The number of hydrogen-bond donors (Lipinski definition) is 1. The Kier molecular flexibility index (Phi) is 7.44. The summed E-state index contributed by atoms with van der Waals surface area (Å²) >= 11 is 0. The van der Waals surface area contributed by atoms with Crippen molar-refractivity contribution >= 4 is 15.9 Å². The van der Waals surface area contributed by atoms with E-state index in [-0.39, 0.29) is 16.6 Å². The van der Waals surface area contributed by atoms with Crippen molar-refractivity contribution in [3.63, 3.8) is 0 Å². The molecule has 1 amide bonds. The number of ether oxygens (including phenoxy) is 1. The number of aryl methyl sites for hydroxylation is 1. The second-order valence-electron chi connectivity index (χ2n) is 8.93. The van der Waals surface area contributed by atoms with Crippen LogP contribution >= 0.6 is 0 Å². The number of pyridine rings is 2. The summed E-state index contributed by atoms with van der Waals surface area (Å²) in [7, 11) is -3.33. The molecule has 36 heavy (non-hydrogen) atoms. The molecule has 0 saturated carbocycles. The molecule has 1 fully saturated rings. The minimum absolute atomic E-state index is 0.178. The van der Waals surface area contributed by atoms with Gasteiger partial charge in [0.1, 0.15) is 11.9 Å². The van der Waals surface area contributed by atoms with Crippen molar-refractivity contribution in [1.29, 1.82) is 0 Å². The molecule has 2 atom stereocenters. The highest BCUT2D eigenvalue weighted by molar-refractivity contribution is 7.90. The van der Waals surface area contributed by atoms with Crippen LogP contribution in [0.5, 0.6) is 5.75 Å². The number of carbonyl (C=O) groups is 1. The van der Waals surface area contributed by atoms with E-state index < -0.39 is 22.0 Å². The van der Waals surface area contributed by atoms with Gasteiger partial charge < -0.3 is 14.7 Å². The van der Waals surface area contributed by atoms with E-state index in [0.717, 1.165) is 30.4 Å². The molecule has 1 N–H and O–H groups in total. The van der Waals surface area contributed by atoms with Crippen LogP contribution in [0.4, 0.5) is 4.79 Å². The van der Waals surface area contributed by atoms with Gasteiger partial charge in [0.2, 0.25) is 0 Å². The highest BCUT2D eigenvalue weighted by atomic mass is 32.2. The second kappa shape index (κ2) is 10.5. The molecule has 1 aliphatic rings. The normalized spacial score (nSPS) is 18.1. The van der Waals surface area contributed by atoms with Crippen molar-refractivity contribution in [2.45, 2.75) is 49.6 Å². The molecule has 1 aromatic carbocycles. The van der Waals surface area contributed by atoms with Crippen LogP contribution in [0.2, 0.25) is 0 Å². The molecule has 2 aromatic heterocycles. The van der Waals surface area contributed by atoms with E-state index >= 15 is 0 Å². The Morgan fingerprint density at radius 1 is 1.17 bits per heavy atom. The third kappa shape index (κ3) is 5.76. The Morgan fingerprint density at radius 3 is 2.50 bits per heavy atom. The average Bonchev–Trinajstić information content (AvgIpc) is 2.84. The molecule has 0 bridgehead atoms. The van der Waals surface area contributed by atoms with Crippen molar-refractivity contribution < 1.29 is 23.1 Å². The van der Waals surface area contributed by atoms with Crippen molar-refractivity contribution in [3.8, 4) is 11.4 Å². The highest BCUT2D eigenvalue weighted by Crippen LogP contribution is 2.33. The number of nitrogens with zero attached hydrogens (tertiary/aromatic N) is 3. The number of piperidine rings is 1. The molecule has 0 aliphatic carbocycles. The molecule has 3 aromatic rings. The topological polar surface area (TPSA) is 119 Å². The van der Waals surface area contributed by atoms with Crippen LogP contribution in [0.3, 0.4) is 0 Å². The van der Waals surface area contributed by atoms with Gasteiger partial charge in [0.25, 0.3) is 5.56 Å². The molecule has 3 heterocycles.